The fourth-order valence-corrected chi connectivity index (χ4v) is 1.40. The topological polar surface area (TPSA) is 12.5 Å². The molecule has 2 nitrogen and oxygen atoms in total. The van der Waals surface area contributed by atoms with E-state index in [0.29, 0.717) is 0 Å². The van der Waals surface area contributed by atoms with E-state index in [1.165, 1.54) is 19.4 Å². The number of nitrogens with zero attached hydrogens (tertiary/aromatic N) is 1. The molecular weight excluding hydrogens is 229 g/mol. The number of hydrogen-bond donors (Lipinski definition) is 0. The molecule has 1 rings (SSSR count). The first-order valence-electron chi connectivity index (χ1n) is 3.38. The molecule has 1 aliphatic heterocycles. The number of halogens is 1. The van der Waals surface area contributed by atoms with Gasteiger partial charge in [0.1, 0.15) is 0 Å². The van der Waals surface area contributed by atoms with Gasteiger partial charge in [0.25, 0.3) is 0 Å². The maximum absolute atomic E-state index is 5.30. The predicted molar refractivity (Wildman–Crippen MR) is 45.6 cm³/mol. The molecule has 1 heterocycles. The van der Waals surface area contributed by atoms with Crippen LogP contribution in [-0.4, -0.2) is 29.4 Å². The maximum Gasteiger partial charge on any atom is 0.0601 e. The minimum atomic E-state index is 0.906. The summed E-state index contributed by atoms with van der Waals surface area (Å²) in [6.45, 7) is 4.18. The maximum atomic E-state index is 5.30. The van der Waals surface area contributed by atoms with Crippen LogP contribution in [0.4, 0.5) is 0 Å². The lowest BCUT2D eigenvalue weighted by molar-refractivity contribution is 0.110. The van der Waals surface area contributed by atoms with Crippen LogP contribution in [0.5, 0.6) is 0 Å². The van der Waals surface area contributed by atoms with Crippen molar-refractivity contribution < 1.29 is 4.74 Å². The molecule has 0 N–H and O–H groups in total. The third kappa shape index (κ3) is 3.37. The molecule has 3 heteroatoms. The van der Waals surface area contributed by atoms with E-state index in [1.54, 1.807) is 0 Å². The third-order valence-corrected chi connectivity index (χ3v) is 2.38. The SMILES string of the molecule is IN1CCCCOCC1. The molecule has 0 radical (unpaired) electrons. The van der Waals surface area contributed by atoms with Crippen LogP contribution >= 0.6 is 22.9 Å². The lowest BCUT2D eigenvalue weighted by Gasteiger charge is -2.17. The number of hydrogen-bond acceptors (Lipinski definition) is 2. The zero-order chi connectivity index (χ0) is 6.53. The summed E-state index contributed by atoms with van der Waals surface area (Å²) in [5.74, 6) is 0. The van der Waals surface area contributed by atoms with Crippen LogP contribution in [0, 0.1) is 0 Å². The Labute approximate surface area is 70.0 Å². The highest BCUT2D eigenvalue weighted by atomic mass is 127. The molecular formula is C6H12INO. The van der Waals surface area contributed by atoms with E-state index in [-0.39, 0.29) is 0 Å². The van der Waals surface area contributed by atoms with E-state index in [2.05, 4.69) is 26.0 Å². The summed E-state index contributed by atoms with van der Waals surface area (Å²) in [4.78, 5) is 0. The van der Waals surface area contributed by atoms with Gasteiger partial charge in [-0.2, -0.15) is 0 Å². The first kappa shape index (κ1) is 7.75. The van der Waals surface area contributed by atoms with Gasteiger partial charge in [-0.25, -0.2) is 3.11 Å². The quantitative estimate of drug-likeness (QED) is 0.470. The van der Waals surface area contributed by atoms with Gasteiger partial charge in [0, 0.05) is 42.6 Å². The van der Waals surface area contributed by atoms with Crippen molar-refractivity contribution >= 4 is 22.9 Å². The molecule has 0 atom stereocenters. The van der Waals surface area contributed by atoms with E-state index >= 15 is 0 Å². The summed E-state index contributed by atoms with van der Waals surface area (Å²) in [6, 6.07) is 0. The van der Waals surface area contributed by atoms with Crippen molar-refractivity contribution in [1.29, 1.82) is 0 Å². The highest BCUT2D eigenvalue weighted by Gasteiger charge is 2.02. The van der Waals surface area contributed by atoms with Gasteiger partial charge in [-0.1, -0.05) is 0 Å². The van der Waals surface area contributed by atoms with Crippen LogP contribution < -0.4 is 0 Å². The average Bonchev–Trinajstić information content (AvgIpc) is 1.79. The normalized spacial score (nSPS) is 25.0. The van der Waals surface area contributed by atoms with Crippen molar-refractivity contribution in [2.75, 3.05) is 26.3 Å². The summed E-state index contributed by atoms with van der Waals surface area (Å²) in [6.07, 6.45) is 2.50. The first-order chi connectivity index (χ1) is 4.39. The standard InChI is InChI=1S/C6H12INO/c7-8-3-1-2-5-9-6-4-8/h1-6H2. The molecule has 1 aliphatic rings. The zero-order valence-electron chi connectivity index (χ0n) is 5.48. The van der Waals surface area contributed by atoms with Gasteiger partial charge in [-0.15, -0.1) is 0 Å². The van der Waals surface area contributed by atoms with Gasteiger partial charge < -0.3 is 4.74 Å². The van der Waals surface area contributed by atoms with Crippen LogP contribution in [-0.2, 0) is 4.74 Å². The molecule has 0 saturated carbocycles. The highest BCUT2D eigenvalue weighted by molar-refractivity contribution is 14.1. The van der Waals surface area contributed by atoms with Crippen molar-refractivity contribution in [3.63, 3.8) is 0 Å². The molecule has 0 spiro atoms. The van der Waals surface area contributed by atoms with E-state index in [9.17, 15) is 0 Å². The van der Waals surface area contributed by atoms with Crippen LogP contribution in [0.1, 0.15) is 12.8 Å². The minimum absolute atomic E-state index is 0.906. The van der Waals surface area contributed by atoms with Crippen molar-refractivity contribution in [1.82, 2.24) is 3.11 Å². The number of rotatable bonds is 0. The van der Waals surface area contributed by atoms with E-state index in [0.717, 1.165) is 19.8 Å². The van der Waals surface area contributed by atoms with Crippen LogP contribution in [0.3, 0.4) is 0 Å². The Morgan fingerprint density at radius 1 is 1.11 bits per heavy atom. The highest BCUT2D eigenvalue weighted by Crippen LogP contribution is 2.04. The van der Waals surface area contributed by atoms with Crippen LogP contribution in [0.2, 0.25) is 0 Å². The predicted octanol–water partition coefficient (Wildman–Crippen LogP) is 1.45. The molecule has 0 unspecified atom stereocenters. The van der Waals surface area contributed by atoms with Gasteiger partial charge in [0.15, 0.2) is 0 Å². The fraction of sp³-hybridized carbons (Fsp3) is 1.00. The molecule has 0 bridgehead atoms. The molecule has 0 aromatic carbocycles. The summed E-state index contributed by atoms with van der Waals surface area (Å²) >= 11 is 2.35. The van der Waals surface area contributed by atoms with E-state index in [1.807, 2.05) is 0 Å². The molecule has 1 saturated heterocycles. The summed E-state index contributed by atoms with van der Waals surface area (Å²) < 4.78 is 7.59. The monoisotopic (exact) mass is 241 g/mol. The Kier molecular flexibility index (Phi) is 3.85. The Balaban J connectivity index is 2.12. The van der Waals surface area contributed by atoms with Crippen molar-refractivity contribution in [3.05, 3.63) is 0 Å². The second-order valence-corrected chi connectivity index (χ2v) is 3.59. The summed E-state index contributed by atoms with van der Waals surface area (Å²) in [7, 11) is 0. The second kappa shape index (κ2) is 4.46. The zero-order valence-corrected chi connectivity index (χ0v) is 7.63. The molecule has 0 amide bonds. The summed E-state index contributed by atoms with van der Waals surface area (Å²) in [5.41, 5.74) is 0. The molecule has 54 valence electrons. The van der Waals surface area contributed by atoms with Gasteiger partial charge in [0.2, 0.25) is 0 Å². The Morgan fingerprint density at radius 2 is 2.00 bits per heavy atom. The Bertz CT molecular complexity index is 71.5. The summed E-state index contributed by atoms with van der Waals surface area (Å²) in [5, 5.41) is 0. The van der Waals surface area contributed by atoms with Crippen molar-refractivity contribution in [3.8, 4) is 0 Å². The van der Waals surface area contributed by atoms with Crippen molar-refractivity contribution in [2.24, 2.45) is 0 Å². The van der Waals surface area contributed by atoms with Crippen molar-refractivity contribution in [2.45, 2.75) is 12.8 Å². The molecule has 9 heavy (non-hydrogen) atoms. The second-order valence-electron chi connectivity index (χ2n) is 2.23. The fourth-order valence-electron chi connectivity index (χ4n) is 0.865. The average molecular weight is 241 g/mol. The Hall–Kier alpha value is 0.650. The van der Waals surface area contributed by atoms with E-state index in [4.69, 9.17) is 4.74 Å². The largest absolute Gasteiger partial charge is 0.380 e. The first-order valence-corrected chi connectivity index (χ1v) is 4.34. The Morgan fingerprint density at radius 3 is 2.89 bits per heavy atom. The lowest BCUT2D eigenvalue weighted by atomic mass is 10.3. The third-order valence-electron chi connectivity index (χ3n) is 1.42. The van der Waals surface area contributed by atoms with E-state index < -0.39 is 0 Å². The molecule has 0 aliphatic carbocycles. The lowest BCUT2D eigenvalue weighted by Crippen LogP contribution is -2.21. The van der Waals surface area contributed by atoms with Gasteiger partial charge in [-0.3, -0.25) is 0 Å². The van der Waals surface area contributed by atoms with Crippen LogP contribution in [0.15, 0.2) is 0 Å². The minimum Gasteiger partial charge on any atom is -0.380 e. The van der Waals surface area contributed by atoms with Gasteiger partial charge in [0.05, 0.1) is 6.61 Å². The molecule has 0 aromatic heterocycles. The van der Waals surface area contributed by atoms with Gasteiger partial charge >= 0.3 is 0 Å². The smallest absolute Gasteiger partial charge is 0.0601 e. The number of ether oxygens (including phenoxy) is 1. The molecule has 1 fully saturated rings. The van der Waals surface area contributed by atoms with Crippen LogP contribution in [0.25, 0.3) is 0 Å². The van der Waals surface area contributed by atoms with Gasteiger partial charge in [-0.05, 0) is 12.8 Å². The molecule has 0 aromatic rings.